The van der Waals surface area contributed by atoms with Gasteiger partial charge in [0.1, 0.15) is 5.69 Å². The van der Waals surface area contributed by atoms with Crippen LogP contribution in [0.15, 0.2) is 66.9 Å². The van der Waals surface area contributed by atoms with Crippen LogP contribution >= 0.6 is 0 Å². The summed E-state index contributed by atoms with van der Waals surface area (Å²) in [7, 11) is 0. The predicted octanol–water partition coefficient (Wildman–Crippen LogP) is 3.45. The summed E-state index contributed by atoms with van der Waals surface area (Å²) in [5.74, 6) is -0.0383. The molecule has 0 radical (unpaired) electrons. The Bertz CT molecular complexity index is 517. The maximum atomic E-state index is 11.7. The molecule has 0 amide bonds. The topological polar surface area (TPSA) is 30.0 Å². The second-order valence-electron chi connectivity index (χ2n) is 4.01. The second kappa shape index (κ2) is 6.50. The molecule has 0 unspecified atom stereocenters. The van der Waals surface area contributed by atoms with E-state index in [0.717, 1.165) is 12.8 Å². The molecule has 0 spiro atoms. The number of benzene rings is 1. The Hall–Kier alpha value is -2.22. The highest BCUT2D eigenvalue weighted by Gasteiger charge is 2.00. The van der Waals surface area contributed by atoms with Gasteiger partial charge in [-0.2, -0.15) is 0 Å². The molecule has 0 aliphatic heterocycles. The summed E-state index contributed by atoms with van der Waals surface area (Å²) in [6.07, 6.45) is 6.95. The van der Waals surface area contributed by atoms with Crippen molar-refractivity contribution in [3.63, 3.8) is 0 Å². The Morgan fingerprint density at radius 1 is 1.06 bits per heavy atom. The van der Waals surface area contributed by atoms with Crippen LogP contribution in [0.5, 0.6) is 0 Å². The van der Waals surface area contributed by atoms with E-state index in [1.807, 2.05) is 30.3 Å². The fourth-order valence-electron chi connectivity index (χ4n) is 1.68. The van der Waals surface area contributed by atoms with E-state index in [-0.39, 0.29) is 5.78 Å². The Morgan fingerprint density at radius 2 is 1.83 bits per heavy atom. The molecule has 0 atom stereocenters. The lowest BCUT2D eigenvalue weighted by molar-refractivity contribution is 0.104. The minimum atomic E-state index is -0.0383. The maximum Gasteiger partial charge on any atom is 0.203 e. The standard InChI is InChI=1S/C16H15NO/c18-16(15-11-6-7-13-17-15)12-5-4-10-14-8-2-1-3-9-14/h1-3,5-9,11-13H,4,10H2/b12-5+. The van der Waals surface area contributed by atoms with Crippen molar-refractivity contribution in [1.82, 2.24) is 4.98 Å². The van der Waals surface area contributed by atoms with Crippen LogP contribution in [0.3, 0.4) is 0 Å². The number of allylic oxidation sites excluding steroid dienone is 2. The Morgan fingerprint density at radius 3 is 2.56 bits per heavy atom. The first kappa shape index (κ1) is 12.2. The van der Waals surface area contributed by atoms with Gasteiger partial charge in [0.25, 0.3) is 0 Å². The van der Waals surface area contributed by atoms with E-state index in [9.17, 15) is 4.79 Å². The molecule has 2 heteroatoms. The molecular weight excluding hydrogens is 222 g/mol. The lowest BCUT2D eigenvalue weighted by Gasteiger charge is -1.96. The zero-order valence-corrected chi connectivity index (χ0v) is 10.1. The summed E-state index contributed by atoms with van der Waals surface area (Å²) < 4.78 is 0. The molecule has 2 aromatic rings. The number of aromatic nitrogens is 1. The van der Waals surface area contributed by atoms with Gasteiger partial charge in [-0.1, -0.05) is 42.5 Å². The summed E-state index contributed by atoms with van der Waals surface area (Å²) >= 11 is 0. The van der Waals surface area contributed by atoms with Gasteiger partial charge in [0, 0.05) is 6.20 Å². The number of carbonyl (C=O) groups is 1. The summed E-state index contributed by atoms with van der Waals surface area (Å²) in [5, 5.41) is 0. The van der Waals surface area contributed by atoms with E-state index in [4.69, 9.17) is 0 Å². The van der Waals surface area contributed by atoms with Crippen LogP contribution in [0, 0.1) is 0 Å². The number of hydrogen-bond acceptors (Lipinski definition) is 2. The normalized spacial score (nSPS) is 10.7. The van der Waals surface area contributed by atoms with Gasteiger partial charge in [0.15, 0.2) is 0 Å². The quantitative estimate of drug-likeness (QED) is 0.589. The largest absolute Gasteiger partial charge is 0.288 e. The predicted molar refractivity (Wildman–Crippen MR) is 72.5 cm³/mol. The van der Waals surface area contributed by atoms with Gasteiger partial charge in [0.05, 0.1) is 0 Å². The molecule has 1 aromatic carbocycles. The number of aryl methyl sites for hydroxylation is 1. The van der Waals surface area contributed by atoms with Crippen LogP contribution in [-0.4, -0.2) is 10.8 Å². The smallest absolute Gasteiger partial charge is 0.203 e. The van der Waals surface area contributed by atoms with E-state index in [1.54, 1.807) is 24.4 Å². The van der Waals surface area contributed by atoms with Gasteiger partial charge in [-0.15, -0.1) is 0 Å². The average molecular weight is 237 g/mol. The number of carbonyl (C=O) groups excluding carboxylic acids is 1. The summed E-state index contributed by atoms with van der Waals surface area (Å²) in [6.45, 7) is 0. The van der Waals surface area contributed by atoms with E-state index < -0.39 is 0 Å². The van der Waals surface area contributed by atoms with Crippen molar-refractivity contribution in [2.75, 3.05) is 0 Å². The summed E-state index contributed by atoms with van der Waals surface area (Å²) in [4.78, 5) is 15.7. The lowest BCUT2D eigenvalue weighted by Crippen LogP contribution is -1.96. The van der Waals surface area contributed by atoms with Gasteiger partial charge in [-0.3, -0.25) is 9.78 Å². The molecule has 0 saturated heterocycles. The Balaban J connectivity index is 1.84. The van der Waals surface area contributed by atoms with Gasteiger partial charge in [0.2, 0.25) is 5.78 Å². The molecule has 2 rings (SSSR count). The van der Waals surface area contributed by atoms with Gasteiger partial charge >= 0.3 is 0 Å². The van der Waals surface area contributed by atoms with Crippen LogP contribution in [-0.2, 0) is 6.42 Å². The Kier molecular flexibility index (Phi) is 4.42. The number of ketones is 1. The molecule has 90 valence electrons. The van der Waals surface area contributed by atoms with E-state index in [0.29, 0.717) is 5.69 Å². The molecule has 18 heavy (non-hydrogen) atoms. The number of pyridine rings is 1. The molecule has 0 saturated carbocycles. The minimum absolute atomic E-state index is 0.0383. The first-order valence-corrected chi connectivity index (χ1v) is 6.02. The highest BCUT2D eigenvalue weighted by atomic mass is 16.1. The fraction of sp³-hybridized carbons (Fsp3) is 0.125. The molecule has 0 bridgehead atoms. The molecule has 0 aliphatic rings. The summed E-state index contributed by atoms with van der Waals surface area (Å²) in [6, 6.07) is 15.6. The molecule has 1 aromatic heterocycles. The first-order chi connectivity index (χ1) is 8.86. The molecule has 0 N–H and O–H groups in total. The second-order valence-corrected chi connectivity index (χ2v) is 4.01. The maximum absolute atomic E-state index is 11.7. The van der Waals surface area contributed by atoms with Crippen molar-refractivity contribution < 1.29 is 4.79 Å². The fourth-order valence-corrected chi connectivity index (χ4v) is 1.68. The lowest BCUT2D eigenvalue weighted by atomic mass is 10.1. The zero-order chi connectivity index (χ0) is 12.6. The van der Waals surface area contributed by atoms with E-state index in [2.05, 4.69) is 17.1 Å². The molecule has 1 heterocycles. The van der Waals surface area contributed by atoms with Crippen molar-refractivity contribution in [2.24, 2.45) is 0 Å². The van der Waals surface area contributed by atoms with Gasteiger partial charge < -0.3 is 0 Å². The highest BCUT2D eigenvalue weighted by Crippen LogP contribution is 2.03. The average Bonchev–Trinajstić information content (AvgIpc) is 2.45. The third kappa shape index (κ3) is 3.67. The molecule has 2 nitrogen and oxygen atoms in total. The van der Waals surface area contributed by atoms with Crippen LogP contribution in [0.25, 0.3) is 0 Å². The minimum Gasteiger partial charge on any atom is -0.288 e. The summed E-state index contributed by atoms with van der Waals surface area (Å²) in [5.41, 5.74) is 1.78. The monoisotopic (exact) mass is 237 g/mol. The van der Waals surface area contributed by atoms with E-state index in [1.165, 1.54) is 5.56 Å². The number of rotatable bonds is 5. The number of nitrogens with zero attached hydrogens (tertiary/aromatic N) is 1. The highest BCUT2D eigenvalue weighted by molar-refractivity contribution is 6.02. The first-order valence-electron chi connectivity index (χ1n) is 6.02. The third-order valence-corrected chi connectivity index (χ3v) is 2.63. The van der Waals surface area contributed by atoms with Gasteiger partial charge in [-0.05, 0) is 36.6 Å². The third-order valence-electron chi connectivity index (χ3n) is 2.63. The van der Waals surface area contributed by atoms with Crippen molar-refractivity contribution in [3.05, 3.63) is 78.1 Å². The zero-order valence-electron chi connectivity index (χ0n) is 10.1. The molecular formula is C16H15NO. The van der Waals surface area contributed by atoms with Gasteiger partial charge in [-0.25, -0.2) is 0 Å². The van der Waals surface area contributed by atoms with Crippen LogP contribution in [0.1, 0.15) is 22.5 Å². The van der Waals surface area contributed by atoms with Crippen molar-refractivity contribution >= 4 is 5.78 Å². The van der Waals surface area contributed by atoms with E-state index >= 15 is 0 Å². The van der Waals surface area contributed by atoms with Crippen molar-refractivity contribution in [2.45, 2.75) is 12.8 Å². The molecule has 0 fully saturated rings. The van der Waals surface area contributed by atoms with Crippen LogP contribution in [0.2, 0.25) is 0 Å². The molecule has 0 aliphatic carbocycles. The van der Waals surface area contributed by atoms with Crippen molar-refractivity contribution in [1.29, 1.82) is 0 Å². The Labute approximate surface area is 107 Å². The van der Waals surface area contributed by atoms with Crippen molar-refractivity contribution in [3.8, 4) is 0 Å². The SMILES string of the molecule is O=C(/C=C/CCc1ccccc1)c1ccccn1. The van der Waals surface area contributed by atoms with Crippen LogP contribution < -0.4 is 0 Å². The number of hydrogen-bond donors (Lipinski definition) is 0. The van der Waals surface area contributed by atoms with Crippen LogP contribution in [0.4, 0.5) is 0 Å².